The number of aryl methyl sites for hydroxylation is 1. The Hall–Kier alpha value is -2.49. The molecule has 0 saturated carbocycles. The van der Waals surface area contributed by atoms with Gasteiger partial charge in [0.2, 0.25) is 5.91 Å². The number of rotatable bonds is 8. The summed E-state index contributed by atoms with van der Waals surface area (Å²) in [5.41, 5.74) is 3.32. The summed E-state index contributed by atoms with van der Waals surface area (Å²) in [6, 6.07) is 15.9. The number of hydrogen-bond donors (Lipinski definition) is 2. The van der Waals surface area contributed by atoms with E-state index < -0.39 is 0 Å². The van der Waals surface area contributed by atoms with E-state index in [1.807, 2.05) is 43.3 Å². The van der Waals surface area contributed by atoms with E-state index in [1.54, 1.807) is 0 Å². The van der Waals surface area contributed by atoms with Crippen LogP contribution in [0.1, 0.15) is 24.5 Å². The van der Waals surface area contributed by atoms with Gasteiger partial charge in [-0.15, -0.1) is 0 Å². The Kier molecular flexibility index (Phi) is 6.48. The first-order valence-electron chi connectivity index (χ1n) is 7.96. The van der Waals surface area contributed by atoms with Gasteiger partial charge in [0.1, 0.15) is 5.75 Å². The number of carbonyl (C=O) groups is 1. The second kappa shape index (κ2) is 8.83. The lowest BCUT2D eigenvalue weighted by Crippen LogP contribution is -2.24. The molecule has 0 bridgehead atoms. The van der Waals surface area contributed by atoms with Gasteiger partial charge in [0, 0.05) is 25.2 Å². The number of benzene rings is 2. The van der Waals surface area contributed by atoms with Crippen LogP contribution in [0.25, 0.3) is 0 Å². The van der Waals surface area contributed by atoms with Gasteiger partial charge in [-0.1, -0.05) is 29.8 Å². The zero-order chi connectivity index (χ0) is 16.5. The van der Waals surface area contributed by atoms with Gasteiger partial charge in [-0.05, 0) is 43.7 Å². The number of ether oxygens (including phenoxy) is 1. The van der Waals surface area contributed by atoms with Crippen molar-refractivity contribution in [1.29, 1.82) is 0 Å². The van der Waals surface area contributed by atoms with Crippen LogP contribution < -0.4 is 15.4 Å². The molecule has 0 unspecified atom stereocenters. The third-order valence-corrected chi connectivity index (χ3v) is 3.46. The predicted octanol–water partition coefficient (Wildman–Crippen LogP) is 3.51. The summed E-state index contributed by atoms with van der Waals surface area (Å²) in [5.74, 6) is 0.901. The van der Waals surface area contributed by atoms with Crippen LogP contribution in [-0.2, 0) is 11.3 Å². The molecule has 0 aliphatic carbocycles. The lowest BCUT2D eigenvalue weighted by Gasteiger charge is -2.09. The SMILES string of the molecule is CCOc1ccc(NCCC(=O)NCc2ccc(C)cc2)cc1. The molecule has 0 heterocycles. The number of amides is 1. The van der Waals surface area contributed by atoms with Gasteiger partial charge in [0.15, 0.2) is 0 Å². The molecule has 0 aliphatic heterocycles. The zero-order valence-corrected chi connectivity index (χ0v) is 13.8. The van der Waals surface area contributed by atoms with E-state index in [-0.39, 0.29) is 5.91 Å². The Balaban J connectivity index is 1.67. The van der Waals surface area contributed by atoms with Crippen LogP contribution >= 0.6 is 0 Å². The van der Waals surface area contributed by atoms with Crippen molar-refractivity contribution in [3.05, 3.63) is 59.7 Å². The van der Waals surface area contributed by atoms with Crippen LogP contribution in [0.4, 0.5) is 5.69 Å². The minimum atomic E-state index is 0.0454. The molecule has 2 aromatic rings. The van der Waals surface area contributed by atoms with Crippen LogP contribution in [0.15, 0.2) is 48.5 Å². The fraction of sp³-hybridized carbons (Fsp3) is 0.316. The summed E-state index contributed by atoms with van der Waals surface area (Å²) >= 11 is 0. The highest BCUT2D eigenvalue weighted by Gasteiger charge is 2.01. The van der Waals surface area contributed by atoms with E-state index >= 15 is 0 Å². The van der Waals surface area contributed by atoms with Gasteiger partial charge in [0.25, 0.3) is 0 Å². The first-order valence-corrected chi connectivity index (χ1v) is 7.96. The lowest BCUT2D eigenvalue weighted by molar-refractivity contribution is -0.121. The molecule has 4 nitrogen and oxygen atoms in total. The maximum absolute atomic E-state index is 11.8. The maximum Gasteiger partial charge on any atom is 0.222 e. The van der Waals surface area contributed by atoms with Gasteiger partial charge in [-0.25, -0.2) is 0 Å². The van der Waals surface area contributed by atoms with E-state index in [0.29, 0.717) is 26.1 Å². The normalized spacial score (nSPS) is 10.2. The Morgan fingerprint density at radius 1 is 1.04 bits per heavy atom. The highest BCUT2D eigenvalue weighted by Crippen LogP contribution is 2.15. The summed E-state index contributed by atoms with van der Waals surface area (Å²) < 4.78 is 5.39. The summed E-state index contributed by atoms with van der Waals surface area (Å²) in [6.07, 6.45) is 0.444. The van der Waals surface area contributed by atoms with Crippen molar-refractivity contribution in [2.24, 2.45) is 0 Å². The van der Waals surface area contributed by atoms with Gasteiger partial charge in [0.05, 0.1) is 6.61 Å². The average Bonchev–Trinajstić information content (AvgIpc) is 2.56. The largest absolute Gasteiger partial charge is 0.494 e. The fourth-order valence-electron chi connectivity index (χ4n) is 2.15. The van der Waals surface area contributed by atoms with Crippen LogP contribution in [-0.4, -0.2) is 19.1 Å². The standard InChI is InChI=1S/C19H24N2O2/c1-3-23-18-10-8-17(9-11-18)20-13-12-19(22)21-14-16-6-4-15(2)5-7-16/h4-11,20H,3,12-14H2,1-2H3,(H,21,22). The quantitative estimate of drug-likeness (QED) is 0.784. The van der Waals surface area contributed by atoms with Crippen molar-refractivity contribution in [2.45, 2.75) is 26.8 Å². The molecule has 122 valence electrons. The molecule has 0 saturated heterocycles. The lowest BCUT2D eigenvalue weighted by atomic mass is 10.1. The molecule has 0 radical (unpaired) electrons. The van der Waals surface area contributed by atoms with Gasteiger partial charge in [-0.3, -0.25) is 4.79 Å². The van der Waals surface area contributed by atoms with Crippen molar-refractivity contribution in [1.82, 2.24) is 5.32 Å². The molecular weight excluding hydrogens is 288 g/mol. The smallest absolute Gasteiger partial charge is 0.222 e. The van der Waals surface area contributed by atoms with E-state index in [4.69, 9.17) is 4.74 Å². The Morgan fingerprint density at radius 3 is 2.39 bits per heavy atom. The monoisotopic (exact) mass is 312 g/mol. The molecule has 0 aromatic heterocycles. The molecular formula is C19H24N2O2. The minimum absolute atomic E-state index is 0.0454. The maximum atomic E-state index is 11.8. The van der Waals surface area contributed by atoms with Crippen molar-refractivity contribution < 1.29 is 9.53 Å². The van der Waals surface area contributed by atoms with Crippen molar-refractivity contribution >= 4 is 11.6 Å². The second-order valence-electron chi connectivity index (χ2n) is 5.40. The third kappa shape index (κ3) is 6.02. The molecule has 2 aromatic carbocycles. The minimum Gasteiger partial charge on any atom is -0.494 e. The van der Waals surface area contributed by atoms with Crippen molar-refractivity contribution in [2.75, 3.05) is 18.5 Å². The average molecular weight is 312 g/mol. The predicted molar refractivity (Wildman–Crippen MR) is 93.7 cm³/mol. The molecule has 2 N–H and O–H groups in total. The van der Waals surface area contributed by atoms with Crippen LogP contribution in [0, 0.1) is 6.92 Å². The topological polar surface area (TPSA) is 50.4 Å². The Morgan fingerprint density at radius 2 is 1.74 bits per heavy atom. The van der Waals surface area contributed by atoms with E-state index in [2.05, 4.69) is 29.7 Å². The molecule has 0 aliphatic rings. The first-order chi connectivity index (χ1) is 11.2. The molecule has 2 rings (SSSR count). The Labute approximate surface area is 137 Å². The van der Waals surface area contributed by atoms with Gasteiger partial charge >= 0.3 is 0 Å². The van der Waals surface area contributed by atoms with Gasteiger partial charge < -0.3 is 15.4 Å². The van der Waals surface area contributed by atoms with Crippen LogP contribution in [0.5, 0.6) is 5.75 Å². The highest BCUT2D eigenvalue weighted by atomic mass is 16.5. The van der Waals surface area contributed by atoms with Crippen LogP contribution in [0.3, 0.4) is 0 Å². The number of carbonyl (C=O) groups excluding carboxylic acids is 1. The molecule has 23 heavy (non-hydrogen) atoms. The van der Waals surface area contributed by atoms with Crippen LogP contribution in [0.2, 0.25) is 0 Å². The Bertz CT molecular complexity index is 606. The molecule has 0 atom stereocenters. The number of hydrogen-bond acceptors (Lipinski definition) is 3. The summed E-state index contributed by atoms with van der Waals surface area (Å²) in [7, 11) is 0. The zero-order valence-electron chi connectivity index (χ0n) is 13.8. The van der Waals surface area contributed by atoms with E-state index in [1.165, 1.54) is 5.56 Å². The third-order valence-electron chi connectivity index (χ3n) is 3.46. The first kappa shape index (κ1) is 16.9. The summed E-state index contributed by atoms with van der Waals surface area (Å²) in [6.45, 7) is 5.85. The summed E-state index contributed by atoms with van der Waals surface area (Å²) in [4.78, 5) is 11.8. The molecule has 0 fully saturated rings. The second-order valence-corrected chi connectivity index (χ2v) is 5.40. The molecule has 0 spiro atoms. The van der Waals surface area contributed by atoms with Gasteiger partial charge in [-0.2, -0.15) is 0 Å². The van der Waals surface area contributed by atoms with E-state index in [0.717, 1.165) is 17.0 Å². The van der Waals surface area contributed by atoms with Crippen molar-refractivity contribution in [3.8, 4) is 5.75 Å². The molecule has 1 amide bonds. The van der Waals surface area contributed by atoms with E-state index in [9.17, 15) is 4.79 Å². The summed E-state index contributed by atoms with van der Waals surface area (Å²) in [5, 5.41) is 6.17. The fourth-order valence-corrected chi connectivity index (χ4v) is 2.15. The van der Waals surface area contributed by atoms with Crippen molar-refractivity contribution in [3.63, 3.8) is 0 Å². The highest BCUT2D eigenvalue weighted by molar-refractivity contribution is 5.76. The number of nitrogens with one attached hydrogen (secondary N) is 2. The molecule has 4 heteroatoms. The number of anilines is 1.